The third-order valence-corrected chi connectivity index (χ3v) is 3.65. The number of hydrogen-bond acceptors (Lipinski definition) is 3. The Morgan fingerprint density at radius 2 is 2.38 bits per heavy atom. The van der Waals surface area contributed by atoms with E-state index in [1.54, 1.807) is 6.20 Å². The molecule has 84 valence electrons. The summed E-state index contributed by atoms with van der Waals surface area (Å²) in [4.78, 5) is 16.1. The van der Waals surface area contributed by atoms with Crippen molar-refractivity contribution >= 4 is 27.7 Å². The van der Waals surface area contributed by atoms with E-state index in [9.17, 15) is 4.79 Å². The second-order valence-corrected chi connectivity index (χ2v) is 5.07. The molecule has 2 aliphatic rings. The van der Waals surface area contributed by atoms with Crippen molar-refractivity contribution in [1.82, 2.24) is 4.98 Å². The first-order chi connectivity index (χ1) is 7.75. The van der Waals surface area contributed by atoms with Gasteiger partial charge in [-0.2, -0.15) is 0 Å². The molecule has 3 rings (SSSR count). The van der Waals surface area contributed by atoms with E-state index in [4.69, 9.17) is 4.74 Å². The van der Waals surface area contributed by atoms with Crippen molar-refractivity contribution in [1.29, 1.82) is 0 Å². The zero-order chi connectivity index (χ0) is 11.1. The van der Waals surface area contributed by atoms with Crippen LogP contribution in [0.3, 0.4) is 0 Å². The van der Waals surface area contributed by atoms with Gasteiger partial charge in [-0.05, 0) is 28.4 Å². The minimum Gasteiger partial charge on any atom is -0.381 e. The number of hydrogen-bond donors (Lipinski definition) is 1. The number of pyridine rings is 1. The fourth-order valence-corrected chi connectivity index (χ4v) is 2.77. The molecule has 0 saturated carbocycles. The van der Waals surface area contributed by atoms with Gasteiger partial charge in [-0.15, -0.1) is 0 Å². The maximum absolute atomic E-state index is 11.8. The highest BCUT2D eigenvalue weighted by atomic mass is 79.9. The third kappa shape index (κ3) is 1.55. The van der Waals surface area contributed by atoms with Crippen LogP contribution >= 0.6 is 15.9 Å². The van der Waals surface area contributed by atoms with Crippen molar-refractivity contribution in [2.45, 2.75) is 12.3 Å². The molecule has 0 bridgehead atoms. The van der Waals surface area contributed by atoms with Crippen LogP contribution in [0.2, 0.25) is 0 Å². The molecule has 4 nitrogen and oxygen atoms in total. The van der Waals surface area contributed by atoms with Crippen LogP contribution in [0.5, 0.6) is 0 Å². The summed E-state index contributed by atoms with van der Waals surface area (Å²) in [5.74, 6) is 0.934. The number of carbonyl (C=O) groups excluding carboxylic acids is 1. The molecular formula is C11H11BrN2O2. The van der Waals surface area contributed by atoms with Crippen molar-refractivity contribution in [3.8, 4) is 0 Å². The Morgan fingerprint density at radius 1 is 1.50 bits per heavy atom. The summed E-state index contributed by atoms with van der Waals surface area (Å²) in [7, 11) is 0. The van der Waals surface area contributed by atoms with Gasteiger partial charge in [0, 0.05) is 28.8 Å². The number of carbonyl (C=O) groups is 1. The molecule has 1 N–H and O–H groups in total. The average Bonchev–Trinajstić information content (AvgIpc) is 2.31. The lowest BCUT2D eigenvalue weighted by Crippen LogP contribution is -2.40. The summed E-state index contributed by atoms with van der Waals surface area (Å²) in [5.41, 5.74) is 1.13. The summed E-state index contributed by atoms with van der Waals surface area (Å²) in [5, 5.41) is 2.84. The molecular weight excluding hydrogens is 272 g/mol. The zero-order valence-electron chi connectivity index (χ0n) is 8.57. The number of rotatable bonds is 0. The highest BCUT2D eigenvalue weighted by Gasteiger charge is 2.38. The van der Waals surface area contributed by atoms with Crippen LogP contribution in [0.25, 0.3) is 0 Å². The Balaban J connectivity index is 2.07. The Kier molecular flexibility index (Phi) is 2.44. The van der Waals surface area contributed by atoms with Crippen molar-refractivity contribution in [2.24, 2.45) is 5.92 Å². The fraction of sp³-hybridized carbons (Fsp3) is 0.455. The zero-order valence-corrected chi connectivity index (χ0v) is 10.2. The Bertz CT molecular complexity index is 450. The SMILES string of the molecule is O=C1Nc2ncc(Br)cc2[C@@H]2CCOC[C@@H]12. The van der Waals surface area contributed by atoms with Crippen molar-refractivity contribution < 1.29 is 9.53 Å². The molecule has 0 unspecified atom stereocenters. The summed E-state index contributed by atoms with van der Waals surface area (Å²) >= 11 is 3.42. The molecule has 3 heterocycles. The first-order valence-corrected chi connectivity index (χ1v) is 6.09. The first kappa shape index (κ1) is 10.2. The summed E-state index contributed by atoms with van der Waals surface area (Å²) in [6.07, 6.45) is 2.60. The van der Waals surface area contributed by atoms with Gasteiger partial charge >= 0.3 is 0 Å². The quantitative estimate of drug-likeness (QED) is 0.791. The molecule has 0 radical (unpaired) electrons. The number of halogens is 1. The van der Waals surface area contributed by atoms with Crippen molar-refractivity contribution in [3.63, 3.8) is 0 Å². The minimum atomic E-state index is -0.0580. The van der Waals surface area contributed by atoms with Gasteiger partial charge in [0.05, 0.1) is 12.5 Å². The molecule has 1 aromatic rings. The molecule has 16 heavy (non-hydrogen) atoms. The van der Waals surface area contributed by atoms with Crippen molar-refractivity contribution in [2.75, 3.05) is 18.5 Å². The molecule has 0 aromatic carbocycles. The predicted molar refractivity (Wildman–Crippen MR) is 62.2 cm³/mol. The van der Waals surface area contributed by atoms with Crippen LogP contribution in [-0.4, -0.2) is 24.1 Å². The second-order valence-electron chi connectivity index (χ2n) is 4.16. The molecule has 5 heteroatoms. The third-order valence-electron chi connectivity index (χ3n) is 3.22. The average molecular weight is 283 g/mol. The highest BCUT2D eigenvalue weighted by molar-refractivity contribution is 9.10. The Morgan fingerprint density at radius 3 is 3.25 bits per heavy atom. The van der Waals surface area contributed by atoms with Gasteiger partial charge in [-0.3, -0.25) is 4.79 Å². The number of aromatic nitrogens is 1. The van der Waals surface area contributed by atoms with E-state index in [0.29, 0.717) is 12.4 Å². The standard InChI is InChI=1S/C11H11BrN2O2/c12-6-3-8-7-1-2-16-5-9(7)11(15)14-10(8)13-4-6/h3-4,7,9H,1-2,5H2,(H,13,14,15)/t7-,9+/m0/s1. The van der Waals surface area contributed by atoms with Gasteiger partial charge in [0.2, 0.25) is 5.91 Å². The topological polar surface area (TPSA) is 51.2 Å². The maximum atomic E-state index is 11.8. The van der Waals surface area contributed by atoms with Crippen LogP contribution in [0.4, 0.5) is 5.82 Å². The first-order valence-electron chi connectivity index (χ1n) is 5.30. The van der Waals surface area contributed by atoms with E-state index in [0.717, 1.165) is 23.1 Å². The van der Waals surface area contributed by atoms with E-state index in [-0.39, 0.29) is 17.7 Å². The van der Waals surface area contributed by atoms with Crippen LogP contribution in [0.15, 0.2) is 16.7 Å². The van der Waals surface area contributed by atoms with E-state index < -0.39 is 0 Å². The van der Waals surface area contributed by atoms with Gasteiger partial charge < -0.3 is 10.1 Å². The molecule has 1 saturated heterocycles. The minimum absolute atomic E-state index is 0.0343. The molecule has 2 aliphatic heterocycles. The number of nitrogens with zero attached hydrogens (tertiary/aromatic N) is 1. The smallest absolute Gasteiger partial charge is 0.231 e. The highest BCUT2D eigenvalue weighted by Crippen LogP contribution is 2.40. The van der Waals surface area contributed by atoms with E-state index in [1.807, 2.05) is 6.07 Å². The summed E-state index contributed by atoms with van der Waals surface area (Å²) < 4.78 is 6.31. The monoisotopic (exact) mass is 282 g/mol. The molecule has 0 spiro atoms. The molecule has 0 aliphatic carbocycles. The second kappa shape index (κ2) is 3.82. The van der Waals surface area contributed by atoms with Gasteiger partial charge in [0.15, 0.2) is 0 Å². The number of nitrogens with one attached hydrogen (secondary N) is 1. The number of fused-ring (bicyclic) bond motifs is 3. The van der Waals surface area contributed by atoms with Crippen LogP contribution in [-0.2, 0) is 9.53 Å². The van der Waals surface area contributed by atoms with Gasteiger partial charge in [-0.25, -0.2) is 4.98 Å². The van der Waals surface area contributed by atoms with Crippen LogP contribution in [0.1, 0.15) is 17.9 Å². The fourth-order valence-electron chi connectivity index (χ4n) is 2.42. The maximum Gasteiger partial charge on any atom is 0.231 e. The number of anilines is 1. The lowest BCUT2D eigenvalue weighted by molar-refractivity contribution is -0.125. The number of amides is 1. The lowest BCUT2D eigenvalue weighted by Gasteiger charge is -2.35. The van der Waals surface area contributed by atoms with Gasteiger partial charge in [0.25, 0.3) is 0 Å². The van der Waals surface area contributed by atoms with Gasteiger partial charge in [-0.1, -0.05) is 0 Å². The molecule has 1 amide bonds. The normalized spacial score (nSPS) is 27.9. The lowest BCUT2D eigenvalue weighted by atomic mass is 9.80. The summed E-state index contributed by atoms with van der Waals surface area (Å²) in [6.45, 7) is 1.24. The molecule has 1 fully saturated rings. The van der Waals surface area contributed by atoms with E-state index in [1.165, 1.54) is 0 Å². The largest absolute Gasteiger partial charge is 0.381 e. The Hall–Kier alpha value is -0.940. The van der Waals surface area contributed by atoms with Gasteiger partial charge in [0.1, 0.15) is 5.82 Å². The van der Waals surface area contributed by atoms with Crippen LogP contribution < -0.4 is 5.32 Å². The van der Waals surface area contributed by atoms with Crippen molar-refractivity contribution in [3.05, 3.63) is 22.3 Å². The van der Waals surface area contributed by atoms with E-state index in [2.05, 4.69) is 26.2 Å². The van der Waals surface area contributed by atoms with E-state index >= 15 is 0 Å². The molecule has 1 aromatic heterocycles. The molecule has 2 atom stereocenters. The number of ether oxygens (including phenoxy) is 1. The van der Waals surface area contributed by atoms with Crippen LogP contribution in [0, 0.1) is 5.92 Å². The summed E-state index contributed by atoms with van der Waals surface area (Å²) in [6, 6.07) is 2.05. The Labute approximate surface area is 102 Å². The predicted octanol–water partition coefficient (Wildman–Crippen LogP) is 1.92.